The van der Waals surface area contributed by atoms with Crippen LogP contribution < -0.4 is 15.5 Å². The maximum atomic E-state index is 9.27. The van der Waals surface area contributed by atoms with E-state index in [0.717, 1.165) is 36.2 Å². The number of guanidine groups is 1. The zero-order valence-electron chi connectivity index (χ0n) is 14.4. The molecule has 2 aromatic rings. The molecule has 2 rings (SSSR count). The number of rotatable bonds is 7. The molecule has 1 aromatic heterocycles. The third kappa shape index (κ3) is 5.73. The summed E-state index contributed by atoms with van der Waals surface area (Å²) in [5.74, 6) is 1.08. The first kappa shape index (κ1) is 18.1. The molecule has 0 radical (unpaired) electrons. The Hall–Kier alpha value is -2.28. The summed E-state index contributed by atoms with van der Waals surface area (Å²) in [6.07, 6.45) is 1.95. The maximum absolute atomic E-state index is 9.27. The largest absolute Gasteiger partial charge is 0.508 e. The van der Waals surface area contributed by atoms with Gasteiger partial charge in [0.05, 0.1) is 12.2 Å². The van der Waals surface area contributed by atoms with Crippen molar-refractivity contribution in [2.45, 2.75) is 19.4 Å². The van der Waals surface area contributed by atoms with E-state index in [1.54, 1.807) is 30.5 Å². The van der Waals surface area contributed by atoms with E-state index in [-0.39, 0.29) is 0 Å². The molecule has 0 spiro atoms. The van der Waals surface area contributed by atoms with E-state index in [0.29, 0.717) is 12.3 Å². The Balaban J connectivity index is 1.69. The number of hydrogen-bond donors (Lipinski definition) is 3. The van der Waals surface area contributed by atoms with Gasteiger partial charge < -0.3 is 20.6 Å². The standard InChI is InChI=1S/C17H25N5OS/c1-18-16(20-11-14-12-24-17(21-14)22(2)3)19-10-4-5-13-6-8-15(23)9-7-13/h6-9,12,23H,4-5,10-11H2,1-3H3,(H2,18,19,20). The van der Waals surface area contributed by atoms with Gasteiger partial charge in [0.25, 0.3) is 0 Å². The lowest BCUT2D eigenvalue weighted by Crippen LogP contribution is -2.37. The van der Waals surface area contributed by atoms with Gasteiger partial charge in [-0.1, -0.05) is 12.1 Å². The van der Waals surface area contributed by atoms with Crippen LogP contribution in [0.25, 0.3) is 0 Å². The first-order chi connectivity index (χ1) is 11.6. The lowest BCUT2D eigenvalue weighted by atomic mass is 10.1. The highest BCUT2D eigenvalue weighted by molar-refractivity contribution is 7.13. The minimum Gasteiger partial charge on any atom is -0.508 e. The second-order valence-electron chi connectivity index (χ2n) is 5.64. The fourth-order valence-electron chi connectivity index (χ4n) is 2.14. The third-order valence-electron chi connectivity index (χ3n) is 3.45. The summed E-state index contributed by atoms with van der Waals surface area (Å²) in [5.41, 5.74) is 2.23. The highest BCUT2D eigenvalue weighted by Gasteiger charge is 2.04. The molecule has 1 heterocycles. The number of phenolic OH excluding ortho intramolecular Hbond substituents is 1. The fourth-order valence-corrected chi connectivity index (χ4v) is 2.90. The van der Waals surface area contributed by atoms with Crippen molar-refractivity contribution in [1.29, 1.82) is 0 Å². The minimum atomic E-state index is 0.306. The number of aromatic nitrogens is 1. The topological polar surface area (TPSA) is 72.8 Å². The first-order valence-electron chi connectivity index (χ1n) is 7.92. The number of thiazole rings is 1. The molecule has 0 bridgehead atoms. The minimum absolute atomic E-state index is 0.306. The van der Waals surface area contributed by atoms with Crippen LogP contribution in [-0.2, 0) is 13.0 Å². The van der Waals surface area contributed by atoms with Crippen LogP contribution in [0, 0.1) is 0 Å². The molecule has 24 heavy (non-hydrogen) atoms. The van der Waals surface area contributed by atoms with Crippen LogP contribution in [0.3, 0.4) is 0 Å². The number of nitrogens with one attached hydrogen (secondary N) is 2. The number of benzene rings is 1. The predicted molar refractivity (Wildman–Crippen MR) is 101 cm³/mol. The van der Waals surface area contributed by atoms with Gasteiger partial charge in [-0.3, -0.25) is 4.99 Å². The van der Waals surface area contributed by atoms with E-state index in [1.807, 2.05) is 31.1 Å². The van der Waals surface area contributed by atoms with Crippen molar-refractivity contribution in [3.8, 4) is 5.75 Å². The molecule has 6 nitrogen and oxygen atoms in total. The zero-order chi connectivity index (χ0) is 17.4. The van der Waals surface area contributed by atoms with Crippen LogP contribution in [0.2, 0.25) is 0 Å². The maximum Gasteiger partial charge on any atom is 0.191 e. The molecule has 7 heteroatoms. The van der Waals surface area contributed by atoms with Gasteiger partial charge in [-0.05, 0) is 30.5 Å². The lowest BCUT2D eigenvalue weighted by Gasteiger charge is -2.11. The molecule has 0 atom stereocenters. The van der Waals surface area contributed by atoms with E-state index in [4.69, 9.17) is 0 Å². The number of aliphatic imine (C=N–C) groups is 1. The predicted octanol–water partition coefficient (Wildman–Crippen LogP) is 2.21. The van der Waals surface area contributed by atoms with Crippen molar-refractivity contribution < 1.29 is 5.11 Å². The first-order valence-corrected chi connectivity index (χ1v) is 8.80. The van der Waals surface area contributed by atoms with E-state index in [2.05, 4.69) is 26.0 Å². The Morgan fingerprint density at radius 1 is 1.25 bits per heavy atom. The summed E-state index contributed by atoms with van der Waals surface area (Å²) >= 11 is 1.63. The summed E-state index contributed by atoms with van der Waals surface area (Å²) < 4.78 is 0. The normalized spacial score (nSPS) is 11.4. The van der Waals surface area contributed by atoms with Crippen LogP contribution in [0.1, 0.15) is 17.7 Å². The molecule has 3 N–H and O–H groups in total. The average Bonchev–Trinajstić information content (AvgIpc) is 3.05. The van der Waals surface area contributed by atoms with Gasteiger partial charge in [-0.2, -0.15) is 0 Å². The van der Waals surface area contributed by atoms with E-state index in [1.165, 1.54) is 5.56 Å². The molecule has 0 aliphatic rings. The third-order valence-corrected chi connectivity index (χ3v) is 4.51. The summed E-state index contributed by atoms with van der Waals surface area (Å²) in [6.45, 7) is 1.49. The fraction of sp³-hybridized carbons (Fsp3) is 0.412. The molecule has 0 aliphatic heterocycles. The molecule has 0 fully saturated rings. The number of aryl methyl sites for hydroxylation is 1. The quantitative estimate of drug-likeness (QED) is 0.407. The monoisotopic (exact) mass is 347 g/mol. The molecule has 0 unspecified atom stereocenters. The highest BCUT2D eigenvalue weighted by atomic mass is 32.1. The SMILES string of the molecule is CN=C(NCCCc1ccc(O)cc1)NCc1csc(N(C)C)n1. The van der Waals surface area contributed by atoms with Crippen LogP contribution in [-0.4, -0.2) is 43.7 Å². The summed E-state index contributed by atoms with van der Waals surface area (Å²) in [4.78, 5) is 10.8. The van der Waals surface area contributed by atoms with Crippen molar-refractivity contribution in [3.05, 3.63) is 40.9 Å². The highest BCUT2D eigenvalue weighted by Crippen LogP contribution is 2.17. The van der Waals surface area contributed by atoms with Crippen molar-refractivity contribution in [2.75, 3.05) is 32.6 Å². The van der Waals surface area contributed by atoms with Gasteiger partial charge in [0.15, 0.2) is 11.1 Å². The number of anilines is 1. The molecule has 0 saturated heterocycles. The van der Waals surface area contributed by atoms with Crippen LogP contribution in [0.15, 0.2) is 34.6 Å². The number of aromatic hydroxyl groups is 1. The summed E-state index contributed by atoms with van der Waals surface area (Å²) in [7, 11) is 5.75. The lowest BCUT2D eigenvalue weighted by molar-refractivity contribution is 0.475. The smallest absolute Gasteiger partial charge is 0.191 e. The number of phenols is 1. The van der Waals surface area contributed by atoms with Gasteiger partial charge in [-0.25, -0.2) is 4.98 Å². The Kier molecular flexibility index (Phi) is 6.87. The Morgan fingerprint density at radius 2 is 2.00 bits per heavy atom. The van der Waals surface area contributed by atoms with Crippen LogP contribution >= 0.6 is 11.3 Å². The summed E-state index contributed by atoms with van der Waals surface area (Å²) in [5, 5.41) is 18.9. The van der Waals surface area contributed by atoms with Gasteiger partial charge in [0.2, 0.25) is 0 Å². The second kappa shape index (κ2) is 9.12. The molecule has 0 aliphatic carbocycles. The Bertz CT molecular complexity index is 651. The van der Waals surface area contributed by atoms with Gasteiger partial charge in [0, 0.05) is 33.1 Å². The van der Waals surface area contributed by atoms with Gasteiger partial charge in [0.1, 0.15) is 5.75 Å². The Labute approximate surface area is 147 Å². The van der Waals surface area contributed by atoms with Crippen molar-refractivity contribution in [2.24, 2.45) is 4.99 Å². The Morgan fingerprint density at radius 3 is 2.62 bits per heavy atom. The molecule has 0 saturated carbocycles. The second-order valence-corrected chi connectivity index (χ2v) is 6.47. The van der Waals surface area contributed by atoms with Crippen molar-refractivity contribution >= 4 is 22.4 Å². The average molecular weight is 347 g/mol. The molecular formula is C17H25N5OS. The van der Waals surface area contributed by atoms with Crippen molar-refractivity contribution in [3.63, 3.8) is 0 Å². The molecule has 130 valence electrons. The number of nitrogens with zero attached hydrogens (tertiary/aromatic N) is 3. The molecule has 0 amide bonds. The van der Waals surface area contributed by atoms with Gasteiger partial charge >= 0.3 is 0 Å². The summed E-state index contributed by atoms with van der Waals surface area (Å²) in [6, 6.07) is 7.35. The van der Waals surface area contributed by atoms with E-state index in [9.17, 15) is 5.11 Å². The molecule has 1 aromatic carbocycles. The zero-order valence-corrected chi connectivity index (χ0v) is 15.2. The van der Waals surface area contributed by atoms with Crippen molar-refractivity contribution in [1.82, 2.24) is 15.6 Å². The van der Waals surface area contributed by atoms with Crippen LogP contribution in [0.5, 0.6) is 5.75 Å². The van der Waals surface area contributed by atoms with Gasteiger partial charge in [-0.15, -0.1) is 11.3 Å². The number of hydrogen-bond acceptors (Lipinski definition) is 5. The van der Waals surface area contributed by atoms with E-state index < -0.39 is 0 Å². The van der Waals surface area contributed by atoms with Crippen LogP contribution in [0.4, 0.5) is 5.13 Å². The van der Waals surface area contributed by atoms with E-state index >= 15 is 0 Å². The molecular weight excluding hydrogens is 322 g/mol.